The Labute approximate surface area is 135 Å². The van der Waals surface area contributed by atoms with E-state index in [-0.39, 0.29) is 5.91 Å². The molecule has 2 heterocycles. The maximum atomic E-state index is 12.4. The minimum atomic E-state index is 0.0983. The number of carbonyl (C=O) groups excluding carboxylic acids is 1. The SMILES string of the molecule is Cc1ccccc1C#Cc1ncc(C(=O)N2CCCCC2)s1. The van der Waals surface area contributed by atoms with E-state index in [2.05, 4.69) is 16.8 Å². The molecule has 1 aromatic heterocycles. The monoisotopic (exact) mass is 310 g/mol. The van der Waals surface area contributed by atoms with E-state index in [1.807, 2.05) is 36.1 Å². The van der Waals surface area contributed by atoms with Gasteiger partial charge in [0.25, 0.3) is 5.91 Å². The summed E-state index contributed by atoms with van der Waals surface area (Å²) in [5, 5.41) is 0.698. The Morgan fingerprint density at radius 2 is 1.95 bits per heavy atom. The molecule has 4 heteroatoms. The van der Waals surface area contributed by atoms with Crippen molar-refractivity contribution >= 4 is 17.2 Å². The predicted octanol–water partition coefficient (Wildman–Crippen LogP) is 3.48. The molecule has 2 aromatic rings. The van der Waals surface area contributed by atoms with Gasteiger partial charge in [-0.2, -0.15) is 0 Å². The van der Waals surface area contributed by atoms with E-state index in [0.717, 1.165) is 37.1 Å². The van der Waals surface area contributed by atoms with Crippen LogP contribution >= 0.6 is 11.3 Å². The molecule has 0 saturated carbocycles. The third kappa shape index (κ3) is 3.37. The largest absolute Gasteiger partial charge is 0.338 e. The zero-order valence-electron chi connectivity index (χ0n) is 12.6. The first-order chi connectivity index (χ1) is 10.7. The van der Waals surface area contributed by atoms with Crippen LogP contribution in [0, 0.1) is 18.8 Å². The fraction of sp³-hybridized carbons (Fsp3) is 0.333. The number of carbonyl (C=O) groups is 1. The molecule has 0 bridgehead atoms. The summed E-state index contributed by atoms with van der Waals surface area (Å²) in [4.78, 5) is 19.3. The van der Waals surface area contributed by atoms with Gasteiger partial charge in [0, 0.05) is 18.7 Å². The summed E-state index contributed by atoms with van der Waals surface area (Å²) in [6, 6.07) is 8.01. The highest BCUT2D eigenvalue weighted by atomic mass is 32.1. The van der Waals surface area contributed by atoms with Gasteiger partial charge in [-0.25, -0.2) is 4.98 Å². The van der Waals surface area contributed by atoms with E-state index < -0.39 is 0 Å². The molecule has 0 atom stereocenters. The van der Waals surface area contributed by atoms with E-state index in [4.69, 9.17) is 0 Å². The summed E-state index contributed by atoms with van der Waals surface area (Å²) in [5.74, 6) is 6.30. The van der Waals surface area contributed by atoms with Gasteiger partial charge < -0.3 is 4.90 Å². The minimum Gasteiger partial charge on any atom is -0.338 e. The number of rotatable bonds is 1. The minimum absolute atomic E-state index is 0.0983. The van der Waals surface area contributed by atoms with Gasteiger partial charge in [0.1, 0.15) is 4.88 Å². The third-order valence-electron chi connectivity index (χ3n) is 3.81. The number of thiazole rings is 1. The number of hydrogen-bond donors (Lipinski definition) is 0. The van der Waals surface area contributed by atoms with Crippen molar-refractivity contribution in [1.82, 2.24) is 9.88 Å². The number of hydrogen-bond acceptors (Lipinski definition) is 3. The van der Waals surface area contributed by atoms with Gasteiger partial charge in [0.05, 0.1) is 6.20 Å². The van der Waals surface area contributed by atoms with Gasteiger partial charge >= 0.3 is 0 Å². The first-order valence-electron chi connectivity index (χ1n) is 7.57. The maximum absolute atomic E-state index is 12.4. The number of piperidine rings is 1. The Bertz CT molecular complexity index is 733. The van der Waals surface area contributed by atoms with Crippen molar-refractivity contribution in [2.75, 3.05) is 13.1 Å². The second-order valence-corrected chi connectivity index (χ2v) is 6.48. The highest BCUT2D eigenvalue weighted by Crippen LogP contribution is 2.18. The molecule has 0 unspecified atom stereocenters. The summed E-state index contributed by atoms with van der Waals surface area (Å²) in [6.45, 7) is 3.76. The number of benzene rings is 1. The van der Waals surface area contributed by atoms with E-state index >= 15 is 0 Å². The normalized spacial score (nSPS) is 14.3. The lowest BCUT2D eigenvalue weighted by atomic mass is 10.1. The molecule has 1 amide bonds. The zero-order valence-corrected chi connectivity index (χ0v) is 13.4. The van der Waals surface area contributed by atoms with Crippen LogP contribution in [0.15, 0.2) is 30.5 Å². The Balaban J connectivity index is 1.74. The highest BCUT2D eigenvalue weighted by Gasteiger charge is 2.19. The van der Waals surface area contributed by atoms with Crippen LogP contribution in [0.25, 0.3) is 0 Å². The van der Waals surface area contributed by atoms with Crippen LogP contribution in [-0.2, 0) is 0 Å². The molecule has 22 heavy (non-hydrogen) atoms. The molecule has 1 aliphatic rings. The van der Waals surface area contributed by atoms with E-state index in [1.54, 1.807) is 6.20 Å². The molecule has 0 aliphatic carbocycles. The Morgan fingerprint density at radius 3 is 2.73 bits per heavy atom. The van der Waals surface area contributed by atoms with Gasteiger partial charge in [-0.1, -0.05) is 24.1 Å². The van der Waals surface area contributed by atoms with Gasteiger partial charge in [-0.3, -0.25) is 4.79 Å². The Hall–Kier alpha value is -2.12. The average molecular weight is 310 g/mol. The lowest BCUT2D eigenvalue weighted by Gasteiger charge is -2.25. The molecule has 1 aromatic carbocycles. The fourth-order valence-electron chi connectivity index (χ4n) is 2.52. The first-order valence-corrected chi connectivity index (χ1v) is 8.38. The van der Waals surface area contributed by atoms with Crippen LogP contribution in [0.4, 0.5) is 0 Å². The molecule has 1 fully saturated rings. The molecule has 0 radical (unpaired) electrons. The smallest absolute Gasteiger partial charge is 0.265 e. The maximum Gasteiger partial charge on any atom is 0.265 e. The molecule has 3 rings (SSSR count). The lowest BCUT2D eigenvalue weighted by molar-refractivity contribution is 0.0729. The van der Waals surface area contributed by atoms with Gasteiger partial charge in [0.15, 0.2) is 5.01 Å². The number of aryl methyl sites for hydroxylation is 1. The fourth-order valence-corrected chi connectivity index (χ4v) is 3.26. The van der Waals surface area contributed by atoms with Crippen molar-refractivity contribution in [2.24, 2.45) is 0 Å². The highest BCUT2D eigenvalue weighted by molar-refractivity contribution is 7.14. The van der Waals surface area contributed by atoms with Gasteiger partial charge in [-0.05, 0) is 43.7 Å². The zero-order chi connectivity index (χ0) is 15.4. The van der Waals surface area contributed by atoms with Crippen LogP contribution < -0.4 is 0 Å². The van der Waals surface area contributed by atoms with E-state index in [1.165, 1.54) is 17.8 Å². The molecule has 0 spiro atoms. The summed E-state index contributed by atoms with van der Waals surface area (Å²) < 4.78 is 0. The standard InChI is InChI=1S/C18H18N2OS/c1-14-7-3-4-8-15(14)9-10-17-19-13-16(22-17)18(21)20-11-5-2-6-12-20/h3-4,7-8,13H,2,5-6,11-12H2,1H3. The quantitative estimate of drug-likeness (QED) is 0.756. The molecule has 3 nitrogen and oxygen atoms in total. The van der Waals surface area contributed by atoms with E-state index in [0.29, 0.717) is 9.88 Å². The topological polar surface area (TPSA) is 33.2 Å². The molecule has 1 saturated heterocycles. The van der Waals surface area contributed by atoms with Gasteiger partial charge in [-0.15, -0.1) is 11.3 Å². The summed E-state index contributed by atoms with van der Waals surface area (Å²) >= 11 is 1.38. The number of likely N-dealkylation sites (tertiary alicyclic amines) is 1. The molecule has 112 valence electrons. The molecule has 1 aliphatic heterocycles. The van der Waals surface area contributed by atoms with Crippen LogP contribution in [0.5, 0.6) is 0 Å². The predicted molar refractivity (Wildman–Crippen MR) is 89.0 cm³/mol. The Morgan fingerprint density at radius 1 is 1.18 bits per heavy atom. The van der Waals surface area contributed by atoms with E-state index in [9.17, 15) is 4.79 Å². The van der Waals surface area contributed by atoms with Crippen LogP contribution in [-0.4, -0.2) is 28.9 Å². The van der Waals surface area contributed by atoms with Crippen molar-refractivity contribution in [3.8, 4) is 11.8 Å². The van der Waals surface area contributed by atoms with Gasteiger partial charge in [0.2, 0.25) is 0 Å². The second-order valence-electron chi connectivity index (χ2n) is 5.45. The number of nitrogens with zero attached hydrogens (tertiary/aromatic N) is 2. The first kappa shape index (κ1) is 14.8. The Kier molecular flexibility index (Phi) is 4.55. The molecule has 0 N–H and O–H groups in total. The van der Waals surface area contributed by atoms with Crippen molar-refractivity contribution in [2.45, 2.75) is 26.2 Å². The average Bonchev–Trinajstić information content (AvgIpc) is 3.03. The molecular formula is C18H18N2OS. The number of amides is 1. The van der Waals surface area contributed by atoms with Crippen molar-refractivity contribution in [1.29, 1.82) is 0 Å². The van der Waals surface area contributed by atoms with Crippen LogP contribution in [0.3, 0.4) is 0 Å². The van der Waals surface area contributed by atoms with Crippen molar-refractivity contribution in [3.05, 3.63) is 51.5 Å². The number of aromatic nitrogens is 1. The van der Waals surface area contributed by atoms with Crippen molar-refractivity contribution in [3.63, 3.8) is 0 Å². The second kappa shape index (κ2) is 6.76. The summed E-state index contributed by atoms with van der Waals surface area (Å²) in [5.41, 5.74) is 2.15. The van der Waals surface area contributed by atoms with Crippen LogP contribution in [0.2, 0.25) is 0 Å². The van der Waals surface area contributed by atoms with Crippen molar-refractivity contribution < 1.29 is 4.79 Å². The third-order valence-corrected chi connectivity index (χ3v) is 4.71. The summed E-state index contributed by atoms with van der Waals surface area (Å²) in [7, 11) is 0. The lowest BCUT2D eigenvalue weighted by Crippen LogP contribution is -2.35. The summed E-state index contributed by atoms with van der Waals surface area (Å²) in [6.07, 6.45) is 5.08. The van der Waals surface area contributed by atoms with Crippen LogP contribution in [0.1, 0.15) is 45.1 Å². The molecular weight excluding hydrogens is 292 g/mol.